The van der Waals surface area contributed by atoms with Crippen molar-refractivity contribution < 1.29 is 14.6 Å². The minimum Gasteiger partial charge on any atom is -0.389 e. The van der Waals surface area contributed by atoms with E-state index in [1.54, 1.807) is 13.2 Å². The zero-order valence-corrected chi connectivity index (χ0v) is 11.5. The quantitative estimate of drug-likeness (QED) is 0.499. The Morgan fingerprint density at radius 3 is 2.59 bits per heavy atom. The van der Waals surface area contributed by atoms with E-state index in [1.807, 2.05) is 19.9 Å². The first-order valence-corrected chi connectivity index (χ1v) is 6.15. The van der Waals surface area contributed by atoms with Gasteiger partial charge in [-0.3, -0.25) is 0 Å². The summed E-state index contributed by atoms with van der Waals surface area (Å²) in [5.41, 5.74) is 1.13. The molecule has 0 bridgehead atoms. The lowest BCUT2D eigenvalue weighted by atomic mass is 9.97. The smallest absolute Gasteiger partial charge is 0.101 e. The van der Waals surface area contributed by atoms with E-state index >= 15 is 0 Å². The summed E-state index contributed by atoms with van der Waals surface area (Å²) in [6.07, 6.45) is 3.77. The fourth-order valence-electron chi connectivity index (χ4n) is 1.65. The molecule has 0 aliphatic carbocycles. The predicted octanol–water partition coefficient (Wildman–Crippen LogP) is 2.56. The standard InChI is InChI=1S/C14H26O3/c1-6-8-17-10-11(3)9-12(4)14(15)13(7-2)16-5/h7,9,12-15H,2,6,8,10H2,1,3-5H3. The van der Waals surface area contributed by atoms with Crippen molar-refractivity contribution in [3.8, 4) is 0 Å². The summed E-state index contributed by atoms with van der Waals surface area (Å²) in [7, 11) is 1.57. The van der Waals surface area contributed by atoms with E-state index in [0.29, 0.717) is 6.61 Å². The van der Waals surface area contributed by atoms with Gasteiger partial charge in [-0.25, -0.2) is 0 Å². The van der Waals surface area contributed by atoms with E-state index in [1.165, 1.54) is 0 Å². The minimum atomic E-state index is -0.571. The molecule has 0 radical (unpaired) electrons. The molecule has 0 aromatic rings. The van der Waals surface area contributed by atoms with E-state index in [2.05, 4.69) is 13.5 Å². The summed E-state index contributed by atoms with van der Waals surface area (Å²) in [5.74, 6) is 0.0168. The number of hydrogen-bond donors (Lipinski definition) is 1. The summed E-state index contributed by atoms with van der Waals surface area (Å²) in [6, 6.07) is 0. The molecule has 3 nitrogen and oxygen atoms in total. The van der Waals surface area contributed by atoms with Gasteiger partial charge in [-0.2, -0.15) is 0 Å². The fourth-order valence-corrected chi connectivity index (χ4v) is 1.65. The topological polar surface area (TPSA) is 38.7 Å². The van der Waals surface area contributed by atoms with Gasteiger partial charge in [-0.05, 0) is 13.3 Å². The van der Waals surface area contributed by atoms with Crippen LogP contribution in [0.3, 0.4) is 0 Å². The highest BCUT2D eigenvalue weighted by molar-refractivity contribution is 5.04. The van der Waals surface area contributed by atoms with Crippen LogP contribution in [-0.4, -0.2) is 37.6 Å². The van der Waals surface area contributed by atoms with Crippen LogP contribution in [0.1, 0.15) is 27.2 Å². The summed E-state index contributed by atoms with van der Waals surface area (Å²) in [6.45, 7) is 11.1. The monoisotopic (exact) mass is 242 g/mol. The second-order valence-corrected chi connectivity index (χ2v) is 4.35. The summed E-state index contributed by atoms with van der Waals surface area (Å²) >= 11 is 0. The van der Waals surface area contributed by atoms with Crippen LogP contribution in [0.25, 0.3) is 0 Å². The Labute approximate surface area is 105 Å². The summed E-state index contributed by atoms with van der Waals surface area (Å²) in [4.78, 5) is 0. The molecule has 0 amide bonds. The number of rotatable bonds is 9. The number of hydrogen-bond acceptors (Lipinski definition) is 3. The van der Waals surface area contributed by atoms with Gasteiger partial charge in [0.25, 0.3) is 0 Å². The van der Waals surface area contributed by atoms with Crippen LogP contribution in [0.15, 0.2) is 24.3 Å². The first-order valence-electron chi connectivity index (χ1n) is 6.15. The molecule has 0 fully saturated rings. The lowest BCUT2D eigenvalue weighted by Crippen LogP contribution is -2.31. The molecule has 17 heavy (non-hydrogen) atoms. The van der Waals surface area contributed by atoms with Crippen LogP contribution in [0.2, 0.25) is 0 Å². The van der Waals surface area contributed by atoms with Crippen molar-refractivity contribution in [2.45, 2.75) is 39.4 Å². The Morgan fingerprint density at radius 1 is 1.47 bits per heavy atom. The van der Waals surface area contributed by atoms with Crippen LogP contribution in [-0.2, 0) is 9.47 Å². The van der Waals surface area contributed by atoms with Gasteiger partial charge >= 0.3 is 0 Å². The number of ether oxygens (including phenoxy) is 2. The molecule has 0 heterocycles. The third-order valence-electron chi connectivity index (χ3n) is 2.61. The molecule has 0 aliphatic rings. The Balaban J connectivity index is 4.24. The molecular weight excluding hydrogens is 216 g/mol. The van der Waals surface area contributed by atoms with E-state index in [4.69, 9.17) is 9.47 Å². The Bertz CT molecular complexity index is 236. The fraction of sp³-hybridized carbons (Fsp3) is 0.714. The molecule has 0 saturated heterocycles. The van der Waals surface area contributed by atoms with Crippen LogP contribution >= 0.6 is 0 Å². The predicted molar refractivity (Wildman–Crippen MR) is 71.0 cm³/mol. The lowest BCUT2D eigenvalue weighted by molar-refractivity contribution is -0.00169. The van der Waals surface area contributed by atoms with Gasteiger partial charge in [0.1, 0.15) is 6.10 Å². The molecular formula is C14H26O3. The number of aliphatic hydroxyl groups excluding tert-OH is 1. The van der Waals surface area contributed by atoms with Crippen molar-refractivity contribution >= 4 is 0 Å². The van der Waals surface area contributed by atoms with Crippen LogP contribution in [0, 0.1) is 5.92 Å². The molecule has 0 spiro atoms. The first kappa shape index (κ1) is 16.4. The minimum absolute atomic E-state index is 0.0168. The largest absolute Gasteiger partial charge is 0.389 e. The molecule has 3 heteroatoms. The maximum atomic E-state index is 10.0. The van der Waals surface area contributed by atoms with Gasteiger partial charge in [-0.1, -0.05) is 31.6 Å². The highest BCUT2D eigenvalue weighted by atomic mass is 16.5. The van der Waals surface area contributed by atoms with Crippen molar-refractivity contribution in [2.75, 3.05) is 20.3 Å². The van der Waals surface area contributed by atoms with Crippen LogP contribution in [0.5, 0.6) is 0 Å². The van der Waals surface area contributed by atoms with Gasteiger partial charge in [-0.15, -0.1) is 6.58 Å². The molecule has 3 unspecified atom stereocenters. The first-order chi connectivity index (χ1) is 8.06. The highest BCUT2D eigenvalue weighted by Gasteiger charge is 2.20. The van der Waals surface area contributed by atoms with Gasteiger partial charge in [0, 0.05) is 19.6 Å². The van der Waals surface area contributed by atoms with Crippen molar-refractivity contribution in [1.82, 2.24) is 0 Å². The highest BCUT2D eigenvalue weighted by Crippen LogP contribution is 2.14. The Kier molecular flexibility index (Phi) is 9.04. The van der Waals surface area contributed by atoms with E-state index in [9.17, 15) is 5.11 Å². The van der Waals surface area contributed by atoms with Crippen molar-refractivity contribution in [1.29, 1.82) is 0 Å². The number of methoxy groups -OCH3 is 1. The van der Waals surface area contributed by atoms with Gasteiger partial charge in [0.05, 0.1) is 12.7 Å². The summed E-state index contributed by atoms with van der Waals surface area (Å²) < 4.78 is 10.6. The maximum Gasteiger partial charge on any atom is 0.101 e. The third-order valence-corrected chi connectivity index (χ3v) is 2.61. The number of aliphatic hydroxyl groups is 1. The van der Waals surface area contributed by atoms with Gasteiger partial charge < -0.3 is 14.6 Å². The average molecular weight is 242 g/mol. The second-order valence-electron chi connectivity index (χ2n) is 4.35. The van der Waals surface area contributed by atoms with Crippen molar-refractivity contribution in [2.24, 2.45) is 5.92 Å². The summed E-state index contributed by atoms with van der Waals surface area (Å²) in [5, 5.41) is 10.0. The second kappa shape index (κ2) is 9.40. The maximum absolute atomic E-state index is 10.0. The molecule has 100 valence electrons. The Morgan fingerprint density at radius 2 is 2.12 bits per heavy atom. The average Bonchev–Trinajstić information content (AvgIpc) is 2.30. The van der Waals surface area contributed by atoms with E-state index in [0.717, 1.165) is 18.6 Å². The van der Waals surface area contributed by atoms with Gasteiger partial charge in [0.15, 0.2) is 0 Å². The molecule has 0 aromatic carbocycles. The SMILES string of the molecule is C=CC(OC)C(O)C(C)C=C(C)COCCC. The zero-order valence-electron chi connectivity index (χ0n) is 11.5. The van der Waals surface area contributed by atoms with Crippen molar-refractivity contribution in [3.05, 3.63) is 24.3 Å². The molecule has 1 N–H and O–H groups in total. The Hall–Kier alpha value is -0.640. The molecule has 0 saturated carbocycles. The van der Waals surface area contributed by atoms with Crippen molar-refractivity contribution in [3.63, 3.8) is 0 Å². The molecule has 0 aromatic heterocycles. The van der Waals surface area contributed by atoms with E-state index < -0.39 is 6.10 Å². The molecule has 0 aliphatic heterocycles. The van der Waals surface area contributed by atoms with E-state index in [-0.39, 0.29) is 12.0 Å². The van der Waals surface area contributed by atoms with Crippen LogP contribution < -0.4 is 0 Å². The lowest BCUT2D eigenvalue weighted by Gasteiger charge is -2.22. The molecule has 3 atom stereocenters. The molecule has 0 rings (SSSR count). The zero-order chi connectivity index (χ0) is 13.3. The van der Waals surface area contributed by atoms with Crippen LogP contribution in [0.4, 0.5) is 0 Å². The van der Waals surface area contributed by atoms with Gasteiger partial charge in [0.2, 0.25) is 0 Å². The third kappa shape index (κ3) is 6.61. The normalized spacial score (nSPS) is 17.6.